The topological polar surface area (TPSA) is 65.0 Å². The summed E-state index contributed by atoms with van der Waals surface area (Å²) >= 11 is 0. The van der Waals surface area contributed by atoms with Gasteiger partial charge in [0.1, 0.15) is 23.3 Å². The highest BCUT2D eigenvalue weighted by Crippen LogP contribution is 2.39. The van der Waals surface area contributed by atoms with Gasteiger partial charge in [-0.15, -0.1) is 0 Å². The molecule has 156 valence electrons. The van der Waals surface area contributed by atoms with Crippen LogP contribution in [-0.4, -0.2) is 43.4 Å². The van der Waals surface area contributed by atoms with E-state index in [1.165, 1.54) is 0 Å². The predicted octanol–water partition coefficient (Wildman–Crippen LogP) is 4.15. The lowest BCUT2D eigenvalue weighted by atomic mass is 9.98. The zero-order valence-electron chi connectivity index (χ0n) is 17.3. The van der Waals surface area contributed by atoms with Crippen molar-refractivity contribution in [1.29, 1.82) is 0 Å². The van der Waals surface area contributed by atoms with Crippen LogP contribution in [0.3, 0.4) is 0 Å². The number of urea groups is 1. The van der Waals surface area contributed by atoms with Gasteiger partial charge in [0.2, 0.25) is 0 Å². The van der Waals surface area contributed by atoms with Gasteiger partial charge in [-0.05, 0) is 54.6 Å². The van der Waals surface area contributed by atoms with Crippen LogP contribution in [0.1, 0.15) is 17.3 Å². The van der Waals surface area contributed by atoms with E-state index in [-0.39, 0.29) is 12.1 Å². The maximum atomic E-state index is 13.3. The highest BCUT2D eigenvalue weighted by atomic mass is 16.5. The molecule has 0 radical (unpaired) electrons. The Balaban J connectivity index is 1.71. The number of hydrogen-bond acceptors (Lipinski definition) is 4. The number of amides is 2. The highest BCUT2D eigenvalue weighted by Gasteiger charge is 2.34. The molecule has 0 spiro atoms. The molecule has 2 heterocycles. The SMILES string of the molecule is COc1ccc(NC(=O)N2CCn3cccc3[C@@H]2c2cc(OC)ccc2OC)cc1. The van der Waals surface area contributed by atoms with Gasteiger partial charge in [-0.2, -0.15) is 0 Å². The molecule has 1 atom stereocenters. The van der Waals surface area contributed by atoms with Crippen LogP contribution in [0.5, 0.6) is 17.2 Å². The number of methoxy groups -OCH3 is 3. The van der Waals surface area contributed by atoms with Crippen molar-refractivity contribution in [2.75, 3.05) is 33.2 Å². The fraction of sp³-hybridized carbons (Fsp3) is 0.261. The number of nitrogens with one attached hydrogen (secondary N) is 1. The Morgan fingerprint density at radius 2 is 1.67 bits per heavy atom. The van der Waals surface area contributed by atoms with E-state index in [0.29, 0.717) is 23.7 Å². The molecule has 0 fully saturated rings. The summed E-state index contributed by atoms with van der Waals surface area (Å²) in [5, 5.41) is 3.00. The minimum absolute atomic E-state index is 0.178. The van der Waals surface area contributed by atoms with Crippen LogP contribution in [0, 0.1) is 0 Å². The molecule has 1 aromatic heterocycles. The molecular weight excluding hydrogens is 382 g/mol. The monoisotopic (exact) mass is 407 g/mol. The Bertz CT molecular complexity index is 1030. The molecule has 1 aliphatic rings. The van der Waals surface area contributed by atoms with Gasteiger partial charge < -0.3 is 29.0 Å². The van der Waals surface area contributed by atoms with E-state index in [2.05, 4.69) is 9.88 Å². The van der Waals surface area contributed by atoms with Gasteiger partial charge in [-0.1, -0.05) is 0 Å². The van der Waals surface area contributed by atoms with Crippen LogP contribution in [0.15, 0.2) is 60.8 Å². The van der Waals surface area contributed by atoms with Crippen LogP contribution < -0.4 is 19.5 Å². The normalized spacial score (nSPS) is 15.3. The summed E-state index contributed by atoms with van der Waals surface area (Å²) in [7, 11) is 4.88. The number of nitrogens with zero attached hydrogens (tertiary/aromatic N) is 2. The van der Waals surface area contributed by atoms with Crippen LogP contribution >= 0.6 is 0 Å². The molecule has 4 rings (SSSR count). The lowest BCUT2D eigenvalue weighted by molar-refractivity contribution is 0.180. The van der Waals surface area contributed by atoms with Crippen molar-refractivity contribution in [1.82, 2.24) is 9.47 Å². The van der Waals surface area contributed by atoms with Crippen LogP contribution in [0.2, 0.25) is 0 Å². The Kier molecular flexibility index (Phi) is 5.52. The molecule has 7 nitrogen and oxygen atoms in total. The number of hydrogen-bond donors (Lipinski definition) is 1. The second kappa shape index (κ2) is 8.41. The van der Waals surface area contributed by atoms with Gasteiger partial charge in [0.15, 0.2) is 0 Å². The largest absolute Gasteiger partial charge is 0.497 e. The Morgan fingerprint density at radius 1 is 0.933 bits per heavy atom. The predicted molar refractivity (Wildman–Crippen MR) is 115 cm³/mol. The fourth-order valence-electron chi connectivity index (χ4n) is 3.85. The first-order valence-electron chi connectivity index (χ1n) is 9.73. The molecule has 1 N–H and O–H groups in total. The van der Waals surface area contributed by atoms with Gasteiger partial charge in [-0.25, -0.2) is 4.79 Å². The average molecular weight is 407 g/mol. The van der Waals surface area contributed by atoms with Crippen LogP contribution in [0.25, 0.3) is 0 Å². The van der Waals surface area contributed by atoms with Gasteiger partial charge in [0, 0.05) is 36.2 Å². The quantitative estimate of drug-likeness (QED) is 0.690. The minimum atomic E-state index is -0.308. The number of carbonyl (C=O) groups is 1. The van der Waals surface area contributed by atoms with Crippen LogP contribution in [-0.2, 0) is 6.54 Å². The summed E-state index contributed by atoms with van der Waals surface area (Å²) in [4.78, 5) is 15.1. The van der Waals surface area contributed by atoms with Crippen molar-refractivity contribution in [2.24, 2.45) is 0 Å². The van der Waals surface area contributed by atoms with Crippen molar-refractivity contribution < 1.29 is 19.0 Å². The van der Waals surface area contributed by atoms with E-state index in [9.17, 15) is 4.79 Å². The van der Waals surface area contributed by atoms with Crippen molar-refractivity contribution in [2.45, 2.75) is 12.6 Å². The molecule has 3 aromatic rings. The van der Waals surface area contributed by atoms with E-state index < -0.39 is 0 Å². The summed E-state index contributed by atoms with van der Waals surface area (Å²) in [5.41, 5.74) is 2.61. The lowest BCUT2D eigenvalue weighted by Crippen LogP contribution is -2.44. The molecule has 0 unspecified atom stereocenters. The summed E-state index contributed by atoms with van der Waals surface area (Å²) in [5.74, 6) is 2.16. The number of carbonyl (C=O) groups excluding carboxylic acids is 1. The third-order valence-corrected chi connectivity index (χ3v) is 5.37. The average Bonchev–Trinajstić information content (AvgIpc) is 3.27. The maximum Gasteiger partial charge on any atom is 0.322 e. The third-order valence-electron chi connectivity index (χ3n) is 5.37. The lowest BCUT2D eigenvalue weighted by Gasteiger charge is -2.37. The zero-order chi connectivity index (χ0) is 21.1. The maximum absolute atomic E-state index is 13.3. The van der Waals surface area contributed by atoms with E-state index in [1.54, 1.807) is 21.3 Å². The number of anilines is 1. The molecule has 0 aliphatic carbocycles. The minimum Gasteiger partial charge on any atom is -0.497 e. The Labute approximate surface area is 175 Å². The molecule has 30 heavy (non-hydrogen) atoms. The number of ether oxygens (including phenoxy) is 3. The number of aromatic nitrogens is 1. The van der Waals surface area contributed by atoms with Gasteiger partial charge in [0.25, 0.3) is 0 Å². The number of benzene rings is 2. The van der Waals surface area contributed by atoms with Gasteiger partial charge >= 0.3 is 6.03 Å². The van der Waals surface area contributed by atoms with Crippen LogP contribution in [0.4, 0.5) is 10.5 Å². The molecule has 0 saturated heterocycles. The van der Waals surface area contributed by atoms with E-state index in [4.69, 9.17) is 14.2 Å². The van der Waals surface area contributed by atoms with Crippen molar-refractivity contribution in [3.05, 3.63) is 72.1 Å². The summed E-state index contributed by atoms with van der Waals surface area (Å²) in [6.45, 7) is 1.29. The standard InChI is InChI=1S/C23H25N3O4/c1-28-17-8-6-16(7-9-17)24-23(27)26-14-13-25-12-4-5-20(25)22(26)19-15-18(29-2)10-11-21(19)30-3/h4-12,15,22H,13-14H2,1-3H3,(H,24,27)/t22-/m0/s1. The highest BCUT2D eigenvalue weighted by molar-refractivity contribution is 5.90. The van der Waals surface area contributed by atoms with E-state index in [0.717, 1.165) is 23.6 Å². The second-order valence-corrected chi connectivity index (χ2v) is 6.99. The molecule has 2 aromatic carbocycles. The third kappa shape index (κ3) is 3.66. The second-order valence-electron chi connectivity index (χ2n) is 6.99. The first-order valence-corrected chi connectivity index (χ1v) is 9.73. The molecule has 1 aliphatic heterocycles. The summed E-state index contributed by atoms with van der Waals surface area (Å²) in [6.07, 6.45) is 2.04. The first-order chi connectivity index (χ1) is 14.6. The first kappa shape index (κ1) is 19.7. The Morgan fingerprint density at radius 3 is 2.37 bits per heavy atom. The van der Waals surface area contributed by atoms with E-state index >= 15 is 0 Å². The number of rotatable bonds is 5. The molecule has 7 heteroatoms. The number of fused-ring (bicyclic) bond motifs is 1. The fourth-order valence-corrected chi connectivity index (χ4v) is 3.85. The molecular formula is C23H25N3O4. The Hall–Kier alpha value is -3.61. The van der Waals surface area contributed by atoms with E-state index in [1.807, 2.05) is 65.7 Å². The zero-order valence-corrected chi connectivity index (χ0v) is 17.3. The smallest absolute Gasteiger partial charge is 0.322 e. The van der Waals surface area contributed by atoms with Gasteiger partial charge in [-0.3, -0.25) is 0 Å². The van der Waals surface area contributed by atoms with Crippen molar-refractivity contribution >= 4 is 11.7 Å². The van der Waals surface area contributed by atoms with Gasteiger partial charge in [0.05, 0.1) is 21.3 Å². The van der Waals surface area contributed by atoms with Crippen molar-refractivity contribution in [3.63, 3.8) is 0 Å². The molecule has 0 saturated carbocycles. The summed E-state index contributed by atoms with van der Waals surface area (Å²) < 4.78 is 18.4. The molecule has 0 bridgehead atoms. The summed E-state index contributed by atoms with van der Waals surface area (Å²) in [6, 6.07) is 16.5. The van der Waals surface area contributed by atoms with Crippen molar-refractivity contribution in [3.8, 4) is 17.2 Å². The molecule has 2 amide bonds.